The molecule has 0 saturated carbocycles. The molecule has 0 spiro atoms. The van der Waals surface area contributed by atoms with Crippen LogP contribution in [-0.2, 0) is 7.05 Å². The third-order valence-corrected chi connectivity index (χ3v) is 2.99. The molecule has 3 aromatic rings. The molecule has 0 amide bonds. The van der Waals surface area contributed by atoms with Crippen LogP contribution in [0.2, 0.25) is 0 Å². The minimum atomic E-state index is 0.740. The number of para-hydroxylation sites is 2. The molecule has 0 radical (unpaired) electrons. The summed E-state index contributed by atoms with van der Waals surface area (Å²) in [5.41, 5.74) is 9.68. The molecular weight excluding hydrogens is 224 g/mol. The molecule has 0 aliphatic rings. The first-order valence-electron chi connectivity index (χ1n) is 5.77. The first-order valence-corrected chi connectivity index (χ1v) is 5.77. The Morgan fingerprint density at radius 1 is 1.17 bits per heavy atom. The number of aryl methyl sites for hydroxylation is 1. The van der Waals surface area contributed by atoms with E-state index in [1.807, 2.05) is 54.3 Å². The standard InChI is InChI=1S/C14H14N4/c1-18-14-7-6-11(8-10(14)9-16-18)17-13-5-3-2-4-12(13)15/h2-9,17H,15H2,1H3. The van der Waals surface area contributed by atoms with Crippen LogP contribution in [0.3, 0.4) is 0 Å². The molecule has 1 heterocycles. The lowest BCUT2D eigenvalue weighted by Gasteiger charge is -2.09. The lowest BCUT2D eigenvalue weighted by atomic mass is 10.2. The Bertz CT molecular complexity index is 700. The van der Waals surface area contributed by atoms with Crippen LogP contribution in [0.1, 0.15) is 0 Å². The van der Waals surface area contributed by atoms with E-state index in [1.165, 1.54) is 0 Å². The fraction of sp³-hybridized carbons (Fsp3) is 0.0714. The van der Waals surface area contributed by atoms with Crippen LogP contribution in [0.5, 0.6) is 0 Å². The quantitative estimate of drug-likeness (QED) is 0.675. The predicted octanol–water partition coefficient (Wildman–Crippen LogP) is 2.90. The number of aromatic nitrogens is 2. The first kappa shape index (κ1) is 10.7. The van der Waals surface area contributed by atoms with E-state index in [9.17, 15) is 0 Å². The molecule has 0 bridgehead atoms. The van der Waals surface area contributed by atoms with Gasteiger partial charge in [-0.05, 0) is 30.3 Å². The van der Waals surface area contributed by atoms with Gasteiger partial charge in [0.1, 0.15) is 0 Å². The van der Waals surface area contributed by atoms with E-state index in [1.54, 1.807) is 0 Å². The van der Waals surface area contributed by atoms with Gasteiger partial charge in [-0.25, -0.2) is 0 Å². The van der Waals surface area contributed by atoms with Gasteiger partial charge in [0.2, 0.25) is 0 Å². The highest BCUT2D eigenvalue weighted by atomic mass is 15.2. The third-order valence-electron chi connectivity index (χ3n) is 2.99. The second-order valence-electron chi connectivity index (χ2n) is 4.25. The summed E-state index contributed by atoms with van der Waals surface area (Å²) in [7, 11) is 1.94. The van der Waals surface area contributed by atoms with Crippen LogP contribution in [0.25, 0.3) is 10.9 Å². The van der Waals surface area contributed by atoms with Gasteiger partial charge in [-0.15, -0.1) is 0 Å². The molecule has 2 aromatic carbocycles. The van der Waals surface area contributed by atoms with Crippen molar-refractivity contribution in [3.63, 3.8) is 0 Å². The van der Waals surface area contributed by atoms with Gasteiger partial charge < -0.3 is 11.1 Å². The zero-order valence-corrected chi connectivity index (χ0v) is 10.1. The molecule has 90 valence electrons. The van der Waals surface area contributed by atoms with Gasteiger partial charge >= 0.3 is 0 Å². The Hall–Kier alpha value is -2.49. The lowest BCUT2D eigenvalue weighted by Crippen LogP contribution is -1.95. The highest BCUT2D eigenvalue weighted by Crippen LogP contribution is 2.25. The van der Waals surface area contributed by atoms with E-state index < -0.39 is 0 Å². The van der Waals surface area contributed by atoms with Crippen LogP contribution in [0.4, 0.5) is 17.1 Å². The van der Waals surface area contributed by atoms with Crippen LogP contribution in [0.15, 0.2) is 48.7 Å². The zero-order chi connectivity index (χ0) is 12.5. The van der Waals surface area contributed by atoms with Crippen molar-refractivity contribution in [2.45, 2.75) is 0 Å². The molecule has 18 heavy (non-hydrogen) atoms. The molecule has 0 unspecified atom stereocenters. The number of nitrogens with two attached hydrogens (primary N) is 1. The molecule has 0 atom stereocenters. The highest BCUT2D eigenvalue weighted by Gasteiger charge is 2.02. The summed E-state index contributed by atoms with van der Waals surface area (Å²) in [4.78, 5) is 0. The summed E-state index contributed by atoms with van der Waals surface area (Å²) in [6.07, 6.45) is 1.86. The number of nitrogens with one attached hydrogen (secondary N) is 1. The Kier molecular flexibility index (Phi) is 2.41. The van der Waals surface area contributed by atoms with E-state index >= 15 is 0 Å². The summed E-state index contributed by atoms with van der Waals surface area (Å²) in [5, 5.41) is 8.65. The SMILES string of the molecule is Cn1ncc2cc(Nc3ccccc3N)ccc21. The average molecular weight is 238 g/mol. The number of nitrogen functional groups attached to an aromatic ring is 1. The first-order chi connectivity index (χ1) is 8.74. The molecule has 0 aliphatic carbocycles. The summed E-state index contributed by atoms with van der Waals surface area (Å²) in [6.45, 7) is 0. The van der Waals surface area contributed by atoms with Crippen molar-refractivity contribution in [2.75, 3.05) is 11.1 Å². The Balaban J connectivity index is 1.98. The highest BCUT2D eigenvalue weighted by molar-refractivity contribution is 5.84. The van der Waals surface area contributed by atoms with Gasteiger partial charge in [0.25, 0.3) is 0 Å². The fourth-order valence-electron chi connectivity index (χ4n) is 2.01. The minimum absolute atomic E-state index is 0.740. The number of hydrogen-bond donors (Lipinski definition) is 2. The van der Waals surface area contributed by atoms with Gasteiger partial charge in [0.15, 0.2) is 0 Å². The maximum absolute atomic E-state index is 5.91. The van der Waals surface area contributed by atoms with Crippen LogP contribution in [-0.4, -0.2) is 9.78 Å². The Morgan fingerprint density at radius 3 is 2.83 bits per heavy atom. The van der Waals surface area contributed by atoms with Gasteiger partial charge in [-0.2, -0.15) is 5.10 Å². The van der Waals surface area contributed by atoms with Gasteiger partial charge in [-0.3, -0.25) is 4.68 Å². The topological polar surface area (TPSA) is 55.9 Å². The van der Waals surface area contributed by atoms with Gasteiger partial charge in [-0.1, -0.05) is 12.1 Å². The van der Waals surface area contributed by atoms with Crippen molar-refractivity contribution in [2.24, 2.45) is 7.05 Å². The average Bonchev–Trinajstić information content (AvgIpc) is 2.74. The molecule has 0 fully saturated rings. The zero-order valence-electron chi connectivity index (χ0n) is 10.1. The van der Waals surface area contributed by atoms with E-state index in [0.717, 1.165) is 28.0 Å². The minimum Gasteiger partial charge on any atom is -0.397 e. The predicted molar refractivity (Wildman–Crippen MR) is 74.9 cm³/mol. The van der Waals surface area contributed by atoms with E-state index in [-0.39, 0.29) is 0 Å². The number of nitrogens with zero attached hydrogens (tertiary/aromatic N) is 2. The normalized spacial score (nSPS) is 10.7. The fourth-order valence-corrected chi connectivity index (χ4v) is 2.01. The number of hydrogen-bond acceptors (Lipinski definition) is 3. The number of anilines is 3. The van der Waals surface area contributed by atoms with Crippen molar-refractivity contribution in [1.29, 1.82) is 0 Å². The number of rotatable bonds is 2. The van der Waals surface area contributed by atoms with E-state index in [0.29, 0.717) is 0 Å². The molecule has 1 aromatic heterocycles. The molecule has 3 rings (SSSR count). The second-order valence-corrected chi connectivity index (χ2v) is 4.25. The van der Waals surface area contributed by atoms with Gasteiger partial charge in [0.05, 0.1) is 23.1 Å². The van der Waals surface area contributed by atoms with Crippen molar-refractivity contribution in [1.82, 2.24) is 9.78 Å². The van der Waals surface area contributed by atoms with Crippen LogP contribution >= 0.6 is 0 Å². The molecular formula is C14H14N4. The molecule has 4 nitrogen and oxygen atoms in total. The Labute approximate surface area is 105 Å². The van der Waals surface area contributed by atoms with Gasteiger partial charge in [0, 0.05) is 18.1 Å². The largest absolute Gasteiger partial charge is 0.397 e. The van der Waals surface area contributed by atoms with Crippen molar-refractivity contribution in [3.05, 3.63) is 48.7 Å². The van der Waals surface area contributed by atoms with Crippen LogP contribution < -0.4 is 11.1 Å². The molecule has 3 N–H and O–H groups in total. The van der Waals surface area contributed by atoms with Crippen molar-refractivity contribution in [3.8, 4) is 0 Å². The smallest absolute Gasteiger partial charge is 0.0680 e. The van der Waals surface area contributed by atoms with Crippen molar-refractivity contribution >= 4 is 28.0 Å². The maximum Gasteiger partial charge on any atom is 0.0680 e. The number of benzene rings is 2. The summed E-state index contributed by atoms with van der Waals surface area (Å²) >= 11 is 0. The maximum atomic E-state index is 5.91. The molecule has 4 heteroatoms. The molecule has 0 saturated heterocycles. The van der Waals surface area contributed by atoms with E-state index in [4.69, 9.17) is 5.73 Å². The second kappa shape index (κ2) is 4.07. The van der Waals surface area contributed by atoms with Crippen LogP contribution in [0, 0.1) is 0 Å². The third kappa shape index (κ3) is 1.78. The summed E-state index contributed by atoms with van der Waals surface area (Å²) in [6, 6.07) is 13.9. The molecule has 0 aliphatic heterocycles. The van der Waals surface area contributed by atoms with E-state index in [2.05, 4.69) is 16.5 Å². The van der Waals surface area contributed by atoms with Crippen molar-refractivity contribution < 1.29 is 0 Å². The lowest BCUT2D eigenvalue weighted by molar-refractivity contribution is 0.797. The summed E-state index contributed by atoms with van der Waals surface area (Å²) in [5.74, 6) is 0. The Morgan fingerprint density at radius 2 is 2.00 bits per heavy atom. The summed E-state index contributed by atoms with van der Waals surface area (Å²) < 4.78 is 1.86. The number of fused-ring (bicyclic) bond motifs is 1. The monoisotopic (exact) mass is 238 g/mol.